The van der Waals surface area contributed by atoms with Crippen molar-refractivity contribution < 1.29 is 4.74 Å². The summed E-state index contributed by atoms with van der Waals surface area (Å²) in [6.07, 6.45) is 0. The Hall–Kier alpha value is -1.03. The van der Waals surface area contributed by atoms with E-state index in [4.69, 9.17) is 16.3 Å². The number of hydrogen-bond acceptors (Lipinski definition) is 3. The minimum atomic E-state index is 0.565. The number of ether oxygens (including phenoxy) is 1. The molecule has 1 aromatic heterocycles. The highest BCUT2D eigenvalue weighted by Crippen LogP contribution is 2.28. The topological polar surface area (TPSA) is 21.3 Å². The zero-order chi connectivity index (χ0) is 13.8. The van der Waals surface area contributed by atoms with E-state index in [0.717, 1.165) is 17.9 Å². The first-order valence-corrected chi connectivity index (χ1v) is 7.41. The van der Waals surface area contributed by atoms with Gasteiger partial charge in [-0.25, -0.2) is 0 Å². The highest BCUT2D eigenvalue weighted by molar-refractivity contribution is 7.12. The van der Waals surface area contributed by atoms with Crippen molar-refractivity contribution in [3.63, 3.8) is 0 Å². The van der Waals surface area contributed by atoms with Crippen LogP contribution in [0.1, 0.15) is 20.9 Å². The number of halogens is 1. The molecule has 102 valence electrons. The summed E-state index contributed by atoms with van der Waals surface area (Å²) in [7, 11) is 1.96. The second kappa shape index (κ2) is 6.42. The van der Waals surface area contributed by atoms with Gasteiger partial charge in [-0.2, -0.15) is 0 Å². The lowest BCUT2D eigenvalue weighted by molar-refractivity contribution is 0.306. The smallest absolute Gasteiger partial charge is 0.138 e. The Labute approximate surface area is 123 Å². The number of nitrogens with one attached hydrogen (secondary N) is 1. The summed E-state index contributed by atoms with van der Waals surface area (Å²) in [4.78, 5) is 2.63. The van der Waals surface area contributed by atoms with E-state index >= 15 is 0 Å². The maximum absolute atomic E-state index is 6.12. The van der Waals surface area contributed by atoms with Crippen molar-refractivity contribution in [3.05, 3.63) is 50.2 Å². The molecular weight excluding hydrogens is 278 g/mol. The highest BCUT2D eigenvalue weighted by Gasteiger charge is 2.07. The maximum atomic E-state index is 6.12. The van der Waals surface area contributed by atoms with Gasteiger partial charge in [0.05, 0.1) is 5.02 Å². The van der Waals surface area contributed by atoms with Gasteiger partial charge in [-0.15, -0.1) is 11.3 Å². The second-order valence-electron chi connectivity index (χ2n) is 4.55. The summed E-state index contributed by atoms with van der Waals surface area (Å²) in [5.74, 6) is 0.752. The molecule has 1 heterocycles. The quantitative estimate of drug-likeness (QED) is 0.887. The highest BCUT2D eigenvalue weighted by atomic mass is 35.5. The van der Waals surface area contributed by atoms with E-state index in [0.29, 0.717) is 11.6 Å². The van der Waals surface area contributed by atoms with Gasteiger partial charge in [0.25, 0.3) is 0 Å². The average molecular weight is 296 g/mol. The molecule has 4 heteroatoms. The molecule has 0 bridgehead atoms. The lowest BCUT2D eigenvalue weighted by Gasteiger charge is -2.08. The van der Waals surface area contributed by atoms with Crippen LogP contribution >= 0.6 is 22.9 Å². The van der Waals surface area contributed by atoms with Crippen LogP contribution < -0.4 is 10.1 Å². The third-order valence-electron chi connectivity index (χ3n) is 2.89. The zero-order valence-corrected chi connectivity index (χ0v) is 13.0. The summed E-state index contributed by atoms with van der Waals surface area (Å²) < 4.78 is 5.83. The summed E-state index contributed by atoms with van der Waals surface area (Å²) in [6.45, 7) is 5.62. The molecule has 0 aliphatic carbocycles. The van der Waals surface area contributed by atoms with Gasteiger partial charge in [-0.05, 0) is 44.7 Å². The Bertz CT molecular complexity index is 565. The average Bonchev–Trinajstić information content (AvgIpc) is 2.71. The molecule has 0 aliphatic rings. The van der Waals surface area contributed by atoms with Crippen molar-refractivity contribution >= 4 is 22.9 Å². The number of thiophene rings is 1. The summed E-state index contributed by atoms with van der Waals surface area (Å²) in [5, 5.41) is 3.82. The van der Waals surface area contributed by atoms with Crippen LogP contribution in [0, 0.1) is 13.8 Å². The van der Waals surface area contributed by atoms with Crippen LogP contribution in [0.5, 0.6) is 5.75 Å². The van der Waals surface area contributed by atoms with E-state index in [1.54, 1.807) is 11.3 Å². The fourth-order valence-corrected chi connectivity index (χ4v) is 3.10. The van der Waals surface area contributed by atoms with E-state index in [-0.39, 0.29) is 0 Å². The number of aryl methyl sites for hydroxylation is 2. The molecule has 0 unspecified atom stereocenters. The van der Waals surface area contributed by atoms with Crippen LogP contribution in [-0.2, 0) is 13.2 Å². The first kappa shape index (κ1) is 14.4. The van der Waals surface area contributed by atoms with E-state index in [1.807, 2.05) is 32.2 Å². The Balaban J connectivity index is 2.07. The molecule has 0 atom stereocenters. The van der Waals surface area contributed by atoms with Gasteiger partial charge >= 0.3 is 0 Å². The van der Waals surface area contributed by atoms with Crippen molar-refractivity contribution in [3.8, 4) is 5.75 Å². The SMILES string of the molecule is CNCc1cc(COc2cc(C)ccc2Cl)c(C)s1. The molecule has 0 saturated carbocycles. The minimum absolute atomic E-state index is 0.565. The number of hydrogen-bond donors (Lipinski definition) is 1. The van der Waals surface area contributed by atoms with Gasteiger partial charge in [-0.3, -0.25) is 0 Å². The van der Waals surface area contributed by atoms with E-state index in [2.05, 4.69) is 18.3 Å². The predicted molar refractivity (Wildman–Crippen MR) is 82.3 cm³/mol. The molecule has 1 N–H and O–H groups in total. The number of benzene rings is 1. The van der Waals surface area contributed by atoms with Crippen LogP contribution in [0.25, 0.3) is 0 Å². The first-order valence-electron chi connectivity index (χ1n) is 6.22. The lowest BCUT2D eigenvalue weighted by Crippen LogP contribution is -2.02. The fraction of sp³-hybridized carbons (Fsp3) is 0.333. The van der Waals surface area contributed by atoms with Gasteiger partial charge in [-0.1, -0.05) is 17.7 Å². The summed E-state index contributed by atoms with van der Waals surface area (Å²) in [6, 6.07) is 8.02. The molecule has 2 rings (SSSR count). The summed E-state index contributed by atoms with van der Waals surface area (Å²) in [5.41, 5.74) is 2.38. The number of rotatable bonds is 5. The van der Waals surface area contributed by atoms with Crippen molar-refractivity contribution in [2.45, 2.75) is 27.0 Å². The molecule has 2 nitrogen and oxygen atoms in total. The molecule has 0 amide bonds. The molecule has 19 heavy (non-hydrogen) atoms. The van der Waals surface area contributed by atoms with E-state index in [9.17, 15) is 0 Å². The molecule has 0 fully saturated rings. The van der Waals surface area contributed by atoms with Crippen molar-refractivity contribution in [2.24, 2.45) is 0 Å². The molecule has 0 saturated heterocycles. The Kier molecular flexibility index (Phi) is 4.86. The van der Waals surface area contributed by atoms with Crippen molar-refractivity contribution in [2.75, 3.05) is 7.05 Å². The maximum Gasteiger partial charge on any atom is 0.138 e. The third-order valence-corrected chi connectivity index (χ3v) is 4.30. The molecule has 0 aliphatic heterocycles. The summed E-state index contributed by atoms with van der Waals surface area (Å²) >= 11 is 7.93. The predicted octanol–water partition coefficient (Wildman–Crippen LogP) is 4.32. The van der Waals surface area contributed by atoms with Gasteiger partial charge < -0.3 is 10.1 Å². The molecular formula is C15H18ClNOS. The molecule has 1 aromatic carbocycles. The second-order valence-corrected chi connectivity index (χ2v) is 6.30. The third kappa shape index (κ3) is 3.72. The van der Waals surface area contributed by atoms with Gasteiger partial charge in [0.1, 0.15) is 12.4 Å². The Morgan fingerprint density at radius 1 is 1.26 bits per heavy atom. The molecule has 0 spiro atoms. The van der Waals surface area contributed by atoms with Crippen molar-refractivity contribution in [1.82, 2.24) is 5.32 Å². The zero-order valence-electron chi connectivity index (χ0n) is 11.4. The standard InChI is InChI=1S/C15H18ClNOS/c1-10-4-5-14(16)15(6-10)18-9-12-7-13(8-17-3)19-11(12)2/h4-7,17H,8-9H2,1-3H3. The van der Waals surface area contributed by atoms with Crippen LogP contribution in [-0.4, -0.2) is 7.05 Å². The lowest BCUT2D eigenvalue weighted by atomic mass is 10.2. The minimum Gasteiger partial charge on any atom is -0.487 e. The Morgan fingerprint density at radius 3 is 2.79 bits per heavy atom. The molecule has 0 radical (unpaired) electrons. The van der Waals surface area contributed by atoms with E-state index in [1.165, 1.54) is 15.3 Å². The van der Waals surface area contributed by atoms with Crippen LogP contribution in [0.3, 0.4) is 0 Å². The van der Waals surface area contributed by atoms with Crippen molar-refractivity contribution in [1.29, 1.82) is 0 Å². The largest absolute Gasteiger partial charge is 0.487 e. The van der Waals surface area contributed by atoms with Gasteiger partial charge in [0, 0.05) is 21.9 Å². The van der Waals surface area contributed by atoms with Crippen LogP contribution in [0.4, 0.5) is 0 Å². The Morgan fingerprint density at radius 2 is 2.05 bits per heavy atom. The van der Waals surface area contributed by atoms with Crippen LogP contribution in [0.15, 0.2) is 24.3 Å². The van der Waals surface area contributed by atoms with Gasteiger partial charge in [0.15, 0.2) is 0 Å². The van der Waals surface area contributed by atoms with E-state index < -0.39 is 0 Å². The normalized spacial score (nSPS) is 10.7. The fourth-order valence-electron chi connectivity index (χ4n) is 1.87. The van der Waals surface area contributed by atoms with Crippen LogP contribution in [0.2, 0.25) is 5.02 Å². The van der Waals surface area contributed by atoms with Gasteiger partial charge in [0.2, 0.25) is 0 Å². The molecule has 2 aromatic rings. The first-order chi connectivity index (χ1) is 9.10. The monoisotopic (exact) mass is 295 g/mol.